The third-order valence-corrected chi connectivity index (χ3v) is 12.1. The highest BCUT2D eigenvalue weighted by molar-refractivity contribution is 5.90. The van der Waals surface area contributed by atoms with Crippen molar-refractivity contribution < 1.29 is 9.28 Å². The second kappa shape index (κ2) is 38.3. The van der Waals surface area contributed by atoms with E-state index in [2.05, 4.69) is 27.0 Å². The summed E-state index contributed by atoms with van der Waals surface area (Å²) in [6.07, 6.45) is 59.1. The average Bonchev–Trinajstić information content (AvgIpc) is 3.57. The molecule has 1 aliphatic rings. The molecule has 0 fully saturated rings. The Labute approximate surface area is 328 Å². The van der Waals surface area contributed by atoms with E-state index in [1.54, 1.807) is 0 Å². The van der Waals surface area contributed by atoms with Gasteiger partial charge in [-0.25, -0.2) is 9.79 Å². The minimum atomic E-state index is 0.421. The Bertz CT molecular complexity index is 818. The van der Waals surface area contributed by atoms with Gasteiger partial charge in [-0.15, -0.1) is 0 Å². The number of carbonyl (C=O) groups is 1. The lowest BCUT2D eigenvalue weighted by molar-refractivity contribution is -0.708. The van der Waals surface area contributed by atoms with E-state index in [4.69, 9.17) is 4.99 Å². The summed E-state index contributed by atoms with van der Waals surface area (Å²) in [4.78, 5) is 18.9. The van der Waals surface area contributed by atoms with Gasteiger partial charge in [-0.2, -0.15) is 4.48 Å². The molecule has 3 nitrogen and oxygen atoms in total. The summed E-state index contributed by atoms with van der Waals surface area (Å²) in [7, 11) is 0. The average molecular weight is 728 g/mol. The van der Waals surface area contributed by atoms with E-state index in [0.717, 1.165) is 38.1 Å². The van der Waals surface area contributed by atoms with Crippen molar-refractivity contribution in [2.24, 2.45) is 4.99 Å². The van der Waals surface area contributed by atoms with Crippen LogP contribution in [-0.2, 0) is 4.79 Å². The minimum absolute atomic E-state index is 0.421. The third-order valence-electron chi connectivity index (χ3n) is 12.1. The summed E-state index contributed by atoms with van der Waals surface area (Å²) in [5, 5.41) is 0. The first-order valence-corrected chi connectivity index (χ1v) is 24.4. The number of amidine groups is 1. The lowest BCUT2D eigenvalue weighted by Crippen LogP contribution is -2.52. The van der Waals surface area contributed by atoms with Gasteiger partial charge in [0.05, 0.1) is 19.2 Å². The smallest absolute Gasteiger partial charge is 0.230 e. The van der Waals surface area contributed by atoms with Crippen molar-refractivity contribution in [3.8, 4) is 0 Å². The van der Waals surface area contributed by atoms with Crippen molar-refractivity contribution in [2.45, 2.75) is 284 Å². The summed E-state index contributed by atoms with van der Waals surface area (Å²) < 4.78 is 0.453. The van der Waals surface area contributed by atoms with Gasteiger partial charge in [0.25, 0.3) is 0 Å². The fourth-order valence-corrected chi connectivity index (χ4v) is 8.42. The Hall–Kier alpha value is -0.960. The van der Waals surface area contributed by atoms with Crippen molar-refractivity contribution in [3.63, 3.8) is 0 Å². The second-order valence-electron chi connectivity index (χ2n) is 17.1. The molecule has 52 heavy (non-hydrogen) atoms. The van der Waals surface area contributed by atoms with E-state index in [-0.39, 0.29) is 0 Å². The molecule has 1 aliphatic heterocycles. The van der Waals surface area contributed by atoms with Gasteiger partial charge in [0, 0.05) is 6.42 Å². The molecule has 0 saturated carbocycles. The standard InChI is InChI=1S/C49H95N2O/c1-4-7-10-13-16-19-22-24-26-29-32-35-38-41-44-49(52)51(46-42-39-36-33-30-27-25-23-20-17-14-11-8-5-2)47-45-50-48(51)43-40-37-34-31-28-21-18-15-12-9-6-3/h45,47H,4-44,46H2,1-3H3/q+1. The molecule has 0 bridgehead atoms. The van der Waals surface area contributed by atoms with E-state index >= 15 is 0 Å². The molecule has 1 atom stereocenters. The van der Waals surface area contributed by atoms with Crippen molar-refractivity contribution in [1.82, 2.24) is 0 Å². The first kappa shape index (κ1) is 49.1. The predicted molar refractivity (Wildman–Crippen MR) is 233 cm³/mol. The zero-order valence-corrected chi connectivity index (χ0v) is 36.2. The van der Waals surface area contributed by atoms with Crippen LogP contribution in [0, 0.1) is 0 Å². The molecule has 1 amide bonds. The lowest BCUT2D eigenvalue weighted by Gasteiger charge is -2.30. The molecular weight excluding hydrogens is 633 g/mol. The Morgan fingerprint density at radius 3 is 1.04 bits per heavy atom. The number of amides is 1. The maximum Gasteiger partial charge on any atom is 0.324 e. The molecule has 0 N–H and O–H groups in total. The molecule has 1 unspecified atom stereocenters. The minimum Gasteiger partial charge on any atom is -0.230 e. The van der Waals surface area contributed by atoms with E-state index in [1.165, 1.54) is 238 Å². The first-order valence-electron chi connectivity index (χ1n) is 24.4. The molecule has 1 heterocycles. The monoisotopic (exact) mass is 728 g/mol. The maximum absolute atomic E-state index is 14.0. The number of hydrogen-bond donors (Lipinski definition) is 0. The van der Waals surface area contributed by atoms with Crippen LogP contribution in [0.4, 0.5) is 0 Å². The van der Waals surface area contributed by atoms with Gasteiger partial charge in [0.1, 0.15) is 6.20 Å². The number of unbranched alkanes of at least 4 members (excludes halogenated alkanes) is 36. The number of quaternary nitrogens is 1. The predicted octanol–water partition coefficient (Wildman–Crippen LogP) is 17.3. The fourth-order valence-electron chi connectivity index (χ4n) is 8.42. The van der Waals surface area contributed by atoms with Gasteiger partial charge >= 0.3 is 5.91 Å². The molecule has 0 saturated heterocycles. The van der Waals surface area contributed by atoms with Gasteiger partial charge in [0.2, 0.25) is 5.84 Å². The third kappa shape index (κ3) is 27.6. The molecule has 0 aliphatic carbocycles. The summed E-state index contributed by atoms with van der Waals surface area (Å²) in [6.45, 7) is 7.83. The number of hydrogen-bond acceptors (Lipinski definition) is 2. The molecule has 1 rings (SSSR count). The van der Waals surface area contributed by atoms with E-state index < -0.39 is 0 Å². The van der Waals surface area contributed by atoms with Crippen LogP contribution < -0.4 is 0 Å². The highest BCUT2D eigenvalue weighted by Gasteiger charge is 2.41. The molecule has 0 aromatic carbocycles. The Morgan fingerprint density at radius 2 is 0.692 bits per heavy atom. The molecule has 0 spiro atoms. The summed E-state index contributed by atoms with van der Waals surface area (Å²) >= 11 is 0. The summed E-state index contributed by atoms with van der Waals surface area (Å²) in [5.74, 6) is 1.57. The molecule has 0 radical (unpaired) electrons. The Morgan fingerprint density at radius 1 is 0.404 bits per heavy atom. The van der Waals surface area contributed by atoms with Crippen LogP contribution in [0.5, 0.6) is 0 Å². The molecule has 306 valence electrons. The molecule has 3 heteroatoms. The van der Waals surface area contributed by atoms with Gasteiger partial charge < -0.3 is 0 Å². The number of nitrogens with zero attached hydrogens (tertiary/aromatic N) is 2. The number of carbonyl (C=O) groups excluding carboxylic acids is 1. The van der Waals surface area contributed by atoms with Crippen LogP contribution >= 0.6 is 0 Å². The molecular formula is C49H95N2O+. The highest BCUT2D eigenvalue weighted by atomic mass is 16.2. The van der Waals surface area contributed by atoms with Gasteiger partial charge in [-0.3, -0.25) is 0 Å². The van der Waals surface area contributed by atoms with Crippen LogP contribution in [0.25, 0.3) is 0 Å². The van der Waals surface area contributed by atoms with Crippen molar-refractivity contribution in [1.29, 1.82) is 0 Å². The van der Waals surface area contributed by atoms with E-state index in [1.807, 2.05) is 6.20 Å². The SMILES string of the molecule is CCCCCCCCCCCCCCCCC(=O)[N+]1(CCCCCCCCCCCCCCCC)C=CN=C1CCCCCCCCCCCCC. The van der Waals surface area contributed by atoms with Crippen LogP contribution in [0.15, 0.2) is 17.4 Å². The van der Waals surface area contributed by atoms with Gasteiger partial charge in [-0.05, 0) is 25.7 Å². The van der Waals surface area contributed by atoms with Crippen LogP contribution in [0.2, 0.25) is 0 Å². The zero-order chi connectivity index (χ0) is 37.5. The maximum atomic E-state index is 14.0. The second-order valence-corrected chi connectivity index (χ2v) is 17.1. The van der Waals surface area contributed by atoms with Crippen molar-refractivity contribution >= 4 is 11.7 Å². The first-order chi connectivity index (χ1) is 25.7. The molecule has 0 aromatic rings. The molecule has 0 aromatic heterocycles. The van der Waals surface area contributed by atoms with Crippen LogP contribution in [0.1, 0.15) is 284 Å². The normalized spacial score (nSPS) is 15.6. The van der Waals surface area contributed by atoms with Gasteiger partial charge in [-0.1, -0.05) is 245 Å². The summed E-state index contributed by atoms with van der Waals surface area (Å²) in [6, 6.07) is 0. The topological polar surface area (TPSA) is 29.4 Å². The number of aliphatic imine (C=N–C) groups is 1. The lowest BCUT2D eigenvalue weighted by atomic mass is 10.0. The van der Waals surface area contributed by atoms with E-state index in [9.17, 15) is 4.79 Å². The zero-order valence-electron chi connectivity index (χ0n) is 36.2. The largest absolute Gasteiger partial charge is 0.324 e. The quantitative estimate of drug-likeness (QED) is 0.0455. The van der Waals surface area contributed by atoms with Crippen LogP contribution in [0.3, 0.4) is 0 Å². The summed E-state index contributed by atoms with van der Waals surface area (Å²) in [5.41, 5.74) is 0. The van der Waals surface area contributed by atoms with Crippen LogP contribution in [-0.4, -0.2) is 22.8 Å². The van der Waals surface area contributed by atoms with E-state index in [0.29, 0.717) is 10.4 Å². The Kier molecular flexibility index (Phi) is 36.2. The van der Waals surface area contributed by atoms with Crippen molar-refractivity contribution in [2.75, 3.05) is 6.54 Å². The fraction of sp³-hybridized carbons (Fsp3) is 0.918. The highest BCUT2D eigenvalue weighted by Crippen LogP contribution is 2.27. The van der Waals surface area contributed by atoms with Gasteiger partial charge in [0.15, 0.2) is 0 Å². The Balaban J connectivity index is 2.36. The number of rotatable bonds is 42. The van der Waals surface area contributed by atoms with Crippen molar-refractivity contribution in [3.05, 3.63) is 12.4 Å².